The van der Waals surface area contributed by atoms with Crippen molar-refractivity contribution in [2.75, 3.05) is 12.3 Å². The normalized spacial score (nSPS) is 34.7. The van der Waals surface area contributed by atoms with Crippen LogP contribution < -0.4 is 5.73 Å². The van der Waals surface area contributed by atoms with Crippen LogP contribution in [0.25, 0.3) is 11.2 Å². The highest BCUT2D eigenvalue weighted by Crippen LogP contribution is 2.62. The molecule has 0 radical (unpaired) electrons. The van der Waals surface area contributed by atoms with E-state index in [1.54, 1.807) is 11.5 Å². The molecule has 37 heavy (non-hydrogen) atoms. The number of nitrogens with zero attached hydrogens (tertiary/aromatic N) is 4. The Morgan fingerprint density at radius 2 is 1.97 bits per heavy atom. The number of imidazole rings is 1. The van der Waals surface area contributed by atoms with Gasteiger partial charge in [-0.3, -0.25) is 18.1 Å². The van der Waals surface area contributed by atoms with Gasteiger partial charge in [0.05, 0.1) is 24.6 Å². The van der Waals surface area contributed by atoms with Gasteiger partial charge in [-0.15, -0.1) is 0 Å². The summed E-state index contributed by atoms with van der Waals surface area (Å²) in [5.74, 6) is 0.197. The monoisotopic (exact) mass is 531 g/mol. The second kappa shape index (κ2) is 8.47. The SMILES string of the molecule is CC1(C)CC(c2ccccc2)OP(=O)(OC[C@H]2O[C@@H](n3cnc4c(N)ncnc43)[C@]3(C)OC(=O)O[C@H]23)O1. The lowest BCUT2D eigenvalue weighted by Gasteiger charge is -2.39. The van der Waals surface area contributed by atoms with Crippen LogP contribution in [0.5, 0.6) is 0 Å². The molecule has 3 aliphatic heterocycles. The van der Waals surface area contributed by atoms with Crippen LogP contribution in [0, 0.1) is 0 Å². The van der Waals surface area contributed by atoms with E-state index in [1.807, 2.05) is 44.2 Å². The summed E-state index contributed by atoms with van der Waals surface area (Å²) in [6.07, 6.45) is -0.722. The maximum Gasteiger partial charge on any atom is 0.509 e. The zero-order chi connectivity index (χ0) is 26.0. The van der Waals surface area contributed by atoms with Gasteiger partial charge in [0.15, 0.2) is 29.4 Å². The molecule has 3 aliphatic rings. The maximum atomic E-state index is 13.6. The van der Waals surface area contributed by atoms with Gasteiger partial charge in [0.25, 0.3) is 0 Å². The van der Waals surface area contributed by atoms with Crippen LogP contribution in [-0.2, 0) is 32.3 Å². The fourth-order valence-corrected chi connectivity index (χ4v) is 6.74. The van der Waals surface area contributed by atoms with E-state index in [0.29, 0.717) is 17.6 Å². The third kappa shape index (κ3) is 4.16. The molecule has 0 bridgehead atoms. The molecule has 3 fully saturated rings. The number of aromatic nitrogens is 4. The number of phosphoric acid groups is 1. The molecule has 0 aliphatic carbocycles. The fraction of sp³-hybridized carbons (Fsp3) is 0.478. The van der Waals surface area contributed by atoms with Crippen LogP contribution >= 0.6 is 7.82 Å². The molecule has 0 saturated carbocycles. The third-order valence-corrected chi connectivity index (χ3v) is 8.42. The highest BCUT2D eigenvalue weighted by molar-refractivity contribution is 7.48. The molecule has 14 heteroatoms. The topological polar surface area (TPSA) is 159 Å². The number of ether oxygens (including phenoxy) is 3. The average Bonchev–Trinajstić information content (AvgIpc) is 3.47. The lowest BCUT2D eigenvalue weighted by molar-refractivity contribution is -0.0988. The lowest BCUT2D eigenvalue weighted by Crippen LogP contribution is -2.42. The van der Waals surface area contributed by atoms with Crippen LogP contribution in [0.4, 0.5) is 10.6 Å². The van der Waals surface area contributed by atoms with Crippen molar-refractivity contribution in [2.45, 2.75) is 62.9 Å². The van der Waals surface area contributed by atoms with Crippen molar-refractivity contribution in [3.05, 3.63) is 48.5 Å². The van der Waals surface area contributed by atoms with E-state index in [4.69, 9.17) is 33.5 Å². The van der Waals surface area contributed by atoms with Gasteiger partial charge in [-0.05, 0) is 26.3 Å². The molecule has 6 rings (SSSR count). The van der Waals surface area contributed by atoms with Crippen molar-refractivity contribution in [2.24, 2.45) is 0 Å². The van der Waals surface area contributed by atoms with E-state index in [9.17, 15) is 9.36 Å². The van der Waals surface area contributed by atoms with E-state index >= 15 is 0 Å². The molecule has 3 aromatic rings. The van der Waals surface area contributed by atoms with Gasteiger partial charge >= 0.3 is 14.0 Å². The molecule has 3 saturated heterocycles. The number of fused-ring (bicyclic) bond motifs is 2. The lowest BCUT2D eigenvalue weighted by atomic mass is 9.96. The molecular formula is C23H26N5O8P. The molecule has 1 aromatic carbocycles. The molecule has 2 aromatic heterocycles. The van der Waals surface area contributed by atoms with E-state index < -0.39 is 49.7 Å². The van der Waals surface area contributed by atoms with E-state index in [-0.39, 0.29) is 12.4 Å². The Hall–Kier alpha value is -3.09. The molecule has 13 nitrogen and oxygen atoms in total. The molecule has 196 valence electrons. The Balaban J connectivity index is 1.26. The zero-order valence-corrected chi connectivity index (χ0v) is 21.2. The summed E-state index contributed by atoms with van der Waals surface area (Å²) in [4.78, 5) is 24.6. The molecule has 0 amide bonds. The number of hydrogen-bond donors (Lipinski definition) is 1. The number of carbonyl (C=O) groups excluding carboxylic acids is 1. The average molecular weight is 531 g/mol. The van der Waals surface area contributed by atoms with Gasteiger partial charge in [-0.1, -0.05) is 30.3 Å². The minimum absolute atomic E-state index is 0.197. The van der Waals surface area contributed by atoms with E-state index in [0.717, 1.165) is 5.56 Å². The second-order valence-corrected chi connectivity index (χ2v) is 11.5. The third-order valence-electron chi connectivity index (χ3n) is 6.72. The highest BCUT2D eigenvalue weighted by atomic mass is 31.2. The molecule has 6 atom stereocenters. The van der Waals surface area contributed by atoms with Crippen molar-refractivity contribution >= 4 is 31.0 Å². The number of anilines is 1. The van der Waals surface area contributed by atoms with Crippen molar-refractivity contribution in [3.8, 4) is 0 Å². The van der Waals surface area contributed by atoms with Crippen LogP contribution in [0.2, 0.25) is 0 Å². The van der Waals surface area contributed by atoms with Crippen LogP contribution in [0.1, 0.15) is 45.1 Å². The predicted molar refractivity (Wildman–Crippen MR) is 127 cm³/mol. The molecular weight excluding hydrogens is 505 g/mol. The first kappa shape index (κ1) is 24.3. The number of rotatable bonds is 5. The summed E-state index contributed by atoms with van der Waals surface area (Å²) in [7, 11) is -4.03. The molecule has 2 N–H and O–H groups in total. The van der Waals surface area contributed by atoms with Crippen LogP contribution in [0.3, 0.4) is 0 Å². The van der Waals surface area contributed by atoms with Gasteiger partial charge in [-0.25, -0.2) is 24.3 Å². The molecule has 2 unspecified atom stereocenters. The quantitative estimate of drug-likeness (QED) is 0.376. The minimum Gasteiger partial charge on any atom is -0.424 e. The first-order chi connectivity index (χ1) is 17.6. The Morgan fingerprint density at radius 3 is 2.76 bits per heavy atom. The summed E-state index contributed by atoms with van der Waals surface area (Å²) < 4.78 is 49.8. The van der Waals surface area contributed by atoms with Gasteiger partial charge in [0, 0.05) is 6.42 Å². The number of nitrogen functional groups attached to an aromatic ring is 1. The van der Waals surface area contributed by atoms with Crippen molar-refractivity contribution in [1.29, 1.82) is 0 Å². The smallest absolute Gasteiger partial charge is 0.424 e. The summed E-state index contributed by atoms with van der Waals surface area (Å²) in [5, 5.41) is 0. The van der Waals surface area contributed by atoms with Gasteiger partial charge in [0.1, 0.15) is 17.9 Å². The predicted octanol–water partition coefficient (Wildman–Crippen LogP) is 3.68. The van der Waals surface area contributed by atoms with Crippen molar-refractivity contribution < 1.29 is 37.1 Å². The van der Waals surface area contributed by atoms with Crippen LogP contribution in [-0.4, -0.2) is 55.7 Å². The number of nitrogens with two attached hydrogens (primary N) is 1. The summed E-state index contributed by atoms with van der Waals surface area (Å²) in [5.41, 5.74) is 5.51. The van der Waals surface area contributed by atoms with Gasteiger partial charge in [-0.2, -0.15) is 0 Å². The minimum atomic E-state index is -4.03. The number of benzene rings is 1. The fourth-order valence-electron chi connectivity index (χ4n) is 5.07. The second-order valence-electron chi connectivity index (χ2n) is 9.99. The highest BCUT2D eigenvalue weighted by Gasteiger charge is 2.65. The van der Waals surface area contributed by atoms with Crippen molar-refractivity contribution in [1.82, 2.24) is 19.5 Å². The Kier molecular flexibility index (Phi) is 5.55. The van der Waals surface area contributed by atoms with Crippen molar-refractivity contribution in [3.63, 3.8) is 0 Å². The molecule has 5 heterocycles. The Labute approximate surface area is 211 Å². The van der Waals surface area contributed by atoms with E-state index in [2.05, 4.69) is 15.0 Å². The maximum absolute atomic E-state index is 13.6. The van der Waals surface area contributed by atoms with Gasteiger partial charge < -0.3 is 19.9 Å². The van der Waals surface area contributed by atoms with Gasteiger partial charge in [0.2, 0.25) is 0 Å². The largest absolute Gasteiger partial charge is 0.509 e. The zero-order valence-electron chi connectivity index (χ0n) is 20.3. The number of phosphoric ester groups is 1. The standard InChI is InChI=1S/C23H26N5O8P/c1-22(2)9-14(13-7-5-4-6-8-13)35-37(30,36-22)31-10-15-17-23(3,34-21(29)33-17)20(32-15)28-12-27-16-18(24)25-11-26-19(16)28/h4-8,11-12,14-15,17,20H,9-10H2,1-3H3,(H2,24,25,26)/t14?,15-,17-,20-,23-,37?/m1/s1. The van der Waals surface area contributed by atoms with E-state index in [1.165, 1.54) is 12.7 Å². The summed E-state index contributed by atoms with van der Waals surface area (Å²) >= 11 is 0. The number of carbonyl (C=O) groups is 1. The summed E-state index contributed by atoms with van der Waals surface area (Å²) in [6.45, 7) is 5.07. The van der Waals surface area contributed by atoms with Crippen LogP contribution in [0.15, 0.2) is 43.0 Å². The Bertz CT molecular complexity index is 1400. The summed E-state index contributed by atoms with van der Waals surface area (Å²) in [6, 6.07) is 9.45. The first-order valence-electron chi connectivity index (χ1n) is 11.7. The Morgan fingerprint density at radius 1 is 1.19 bits per heavy atom. The number of hydrogen-bond acceptors (Lipinski definition) is 12. The first-order valence-corrected chi connectivity index (χ1v) is 13.2. The molecule has 0 spiro atoms.